The molecule has 0 aromatic heterocycles. The van der Waals surface area contributed by atoms with E-state index < -0.39 is 0 Å². The molecule has 1 aliphatic heterocycles. The molecule has 2 amide bonds. The lowest BCUT2D eigenvalue weighted by molar-refractivity contribution is 0.126. The molecule has 1 unspecified atom stereocenters. The third-order valence-electron chi connectivity index (χ3n) is 3.89. The first-order chi connectivity index (χ1) is 10.1. The monoisotopic (exact) mass is 300 g/mol. The van der Waals surface area contributed by atoms with Gasteiger partial charge in [0.05, 0.1) is 6.04 Å². The fraction of sp³-hybridized carbons (Fsp3) is 0.235. The van der Waals surface area contributed by atoms with Crippen LogP contribution in [0.1, 0.15) is 23.6 Å². The van der Waals surface area contributed by atoms with Crippen molar-refractivity contribution in [3.05, 3.63) is 64.7 Å². The molecule has 3 rings (SSSR count). The van der Waals surface area contributed by atoms with Crippen LogP contribution in [0.5, 0.6) is 0 Å². The van der Waals surface area contributed by atoms with Crippen molar-refractivity contribution < 1.29 is 4.79 Å². The van der Waals surface area contributed by atoms with Crippen molar-refractivity contribution in [3.63, 3.8) is 0 Å². The van der Waals surface area contributed by atoms with Crippen LogP contribution in [-0.2, 0) is 0 Å². The molecule has 3 nitrogen and oxygen atoms in total. The Morgan fingerprint density at radius 1 is 1.24 bits per heavy atom. The first kappa shape index (κ1) is 14.0. The number of carbonyl (C=O) groups is 1. The Balaban J connectivity index is 1.70. The van der Waals surface area contributed by atoms with Crippen LogP contribution in [0.2, 0.25) is 5.02 Å². The van der Waals surface area contributed by atoms with Gasteiger partial charge < -0.3 is 10.2 Å². The molecular formula is C17H17ClN2O. The van der Waals surface area contributed by atoms with Gasteiger partial charge in [-0.15, -0.1) is 0 Å². The minimum Gasteiger partial charge on any atom is -0.317 e. The third kappa shape index (κ3) is 2.88. The molecule has 2 aromatic carbocycles. The Morgan fingerprint density at radius 2 is 2.00 bits per heavy atom. The number of halogens is 1. The number of benzene rings is 2. The van der Waals surface area contributed by atoms with Gasteiger partial charge >= 0.3 is 6.03 Å². The first-order valence-electron chi connectivity index (χ1n) is 7.04. The van der Waals surface area contributed by atoms with Crippen molar-refractivity contribution in [3.8, 4) is 0 Å². The number of likely N-dealkylation sites (tertiary alicyclic amines) is 1. The van der Waals surface area contributed by atoms with Crippen LogP contribution in [0.3, 0.4) is 0 Å². The lowest BCUT2D eigenvalue weighted by Crippen LogP contribution is -2.47. The highest BCUT2D eigenvalue weighted by atomic mass is 35.5. The van der Waals surface area contributed by atoms with Crippen LogP contribution in [-0.4, -0.2) is 17.5 Å². The first-order valence-corrected chi connectivity index (χ1v) is 7.41. The summed E-state index contributed by atoms with van der Waals surface area (Å²) in [6, 6.07) is 15.8. The van der Waals surface area contributed by atoms with Gasteiger partial charge in [0, 0.05) is 17.3 Å². The predicted octanol–water partition coefficient (Wildman–Crippen LogP) is 4.63. The normalized spacial score (nSPS) is 17.2. The number of amides is 2. The number of hydrogen-bond acceptors (Lipinski definition) is 1. The number of carbonyl (C=O) groups excluding carboxylic acids is 1. The van der Waals surface area contributed by atoms with Crippen LogP contribution in [0.25, 0.3) is 0 Å². The molecule has 21 heavy (non-hydrogen) atoms. The molecule has 1 N–H and O–H groups in total. The van der Waals surface area contributed by atoms with Crippen LogP contribution in [0, 0.1) is 6.92 Å². The fourth-order valence-electron chi connectivity index (χ4n) is 2.52. The van der Waals surface area contributed by atoms with Crippen molar-refractivity contribution in [2.24, 2.45) is 0 Å². The van der Waals surface area contributed by atoms with E-state index in [0.717, 1.165) is 24.2 Å². The van der Waals surface area contributed by atoms with Crippen molar-refractivity contribution in [1.29, 1.82) is 0 Å². The zero-order valence-corrected chi connectivity index (χ0v) is 12.6. The maximum absolute atomic E-state index is 12.3. The predicted molar refractivity (Wildman–Crippen MR) is 85.7 cm³/mol. The van der Waals surface area contributed by atoms with Crippen LogP contribution in [0.4, 0.5) is 10.5 Å². The molecule has 1 fully saturated rings. The number of urea groups is 1. The van der Waals surface area contributed by atoms with Crippen LogP contribution in [0.15, 0.2) is 48.5 Å². The quantitative estimate of drug-likeness (QED) is 0.862. The number of nitrogens with zero attached hydrogens (tertiary/aromatic N) is 1. The highest BCUT2D eigenvalue weighted by molar-refractivity contribution is 6.31. The lowest BCUT2D eigenvalue weighted by Gasteiger charge is -2.41. The van der Waals surface area contributed by atoms with Crippen molar-refractivity contribution in [2.75, 3.05) is 11.9 Å². The summed E-state index contributed by atoms with van der Waals surface area (Å²) in [5.74, 6) is 0. The van der Waals surface area contributed by atoms with Crippen molar-refractivity contribution in [2.45, 2.75) is 19.4 Å². The van der Waals surface area contributed by atoms with Crippen molar-refractivity contribution >= 4 is 23.3 Å². The molecule has 1 atom stereocenters. The molecule has 1 aliphatic rings. The van der Waals surface area contributed by atoms with Gasteiger partial charge in [-0.05, 0) is 36.6 Å². The van der Waals surface area contributed by atoms with Crippen LogP contribution < -0.4 is 5.32 Å². The molecule has 4 heteroatoms. The lowest BCUT2D eigenvalue weighted by atomic mass is 9.95. The van der Waals surface area contributed by atoms with Gasteiger partial charge in [-0.1, -0.05) is 48.0 Å². The van der Waals surface area contributed by atoms with Crippen LogP contribution >= 0.6 is 11.6 Å². The van der Waals surface area contributed by atoms with Gasteiger partial charge in [0.25, 0.3) is 0 Å². The molecule has 0 saturated carbocycles. The van der Waals surface area contributed by atoms with Gasteiger partial charge in [0.1, 0.15) is 0 Å². The van der Waals surface area contributed by atoms with Gasteiger partial charge in [0.15, 0.2) is 0 Å². The SMILES string of the molecule is Cc1ccc(NC(=O)N2CCC2c2ccccc2)cc1Cl. The minimum absolute atomic E-state index is 0.0741. The smallest absolute Gasteiger partial charge is 0.317 e. The summed E-state index contributed by atoms with van der Waals surface area (Å²) in [5, 5.41) is 3.58. The number of aryl methyl sites for hydroxylation is 1. The van der Waals surface area contributed by atoms with E-state index >= 15 is 0 Å². The summed E-state index contributed by atoms with van der Waals surface area (Å²) in [6.45, 7) is 2.72. The van der Waals surface area contributed by atoms with Gasteiger partial charge in [0.2, 0.25) is 0 Å². The topological polar surface area (TPSA) is 32.3 Å². The molecule has 2 aromatic rings. The summed E-state index contributed by atoms with van der Waals surface area (Å²) >= 11 is 6.08. The summed E-state index contributed by atoms with van der Waals surface area (Å²) < 4.78 is 0. The van der Waals surface area contributed by atoms with E-state index in [4.69, 9.17) is 11.6 Å². The molecule has 1 heterocycles. The molecule has 1 saturated heterocycles. The standard InChI is InChI=1S/C17H17ClN2O/c1-12-7-8-14(11-15(12)18)19-17(21)20-10-9-16(20)13-5-3-2-4-6-13/h2-8,11,16H,9-10H2,1H3,(H,19,21). The largest absolute Gasteiger partial charge is 0.322 e. The zero-order chi connectivity index (χ0) is 14.8. The Bertz CT molecular complexity index is 657. The fourth-order valence-corrected chi connectivity index (χ4v) is 2.70. The number of rotatable bonds is 2. The third-order valence-corrected chi connectivity index (χ3v) is 4.30. The Morgan fingerprint density at radius 3 is 2.62 bits per heavy atom. The summed E-state index contributed by atoms with van der Waals surface area (Å²) in [7, 11) is 0. The van der Waals surface area contributed by atoms with Gasteiger partial charge in [-0.3, -0.25) is 0 Å². The van der Waals surface area contributed by atoms with E-state index in [1.165, 1.54) is 5.56 Å². The number of anilines is 1. The van der Waals surface area contributed by atoms with Gasteiger partial charge in [-0.2, -0.15) is 0 Å². The van der Waals surface area contributed by atoms with E-state index in [9.17, 15) is 4.79 Å². The van der Waals surface area contributed by atoms with E-state index in [1.54, 1.807) is 6.07 Å². The number of nitrogens with one attached hydrogen (secondary N) is 1. The molecule has 0 spiro atoms. The second kappa shape index (κ2) is 5.78. The second-order valence-electron chi connectivity index (χ2n) is 5.30. The summed E-state index contributed by atoms with van der Waals surface area (Å²) in [6.07, 6.45) is 1.01. The number of hydrogen-bond donors (Lipinski definition) is 1. The zero-order valence-electron chi connectivity index (χ0n) is 11.8. The Hall–Kier alpha value is -2.00. The highest BCUT2D eigenvalue weighted by Crippen LogP contribution is 2.33. The highest BCUT2D eigenvalue weighted by Gasteiger charge is 2.33. The molecular weight excluding hydrogens is 284 g/mol. The minimum atomic E-state index is -0.0741. The maximum Gasteiger partial charge on any atom is 0.322 e. The average Bonchev–Trinajstić information content (AvgIpc) is 2.43. The van der Waals surface area contributed by atoms with Gasteiger partial charge in [-0.25, -0.2) is 4.79 Å². The van der Waals surface area contributed by atoms with Crippen molar-refractivity contribution in [1.82, 2.24) is 4.90 Å². The summed E-state index contributed by atoms with van der Waals surface area (Å²) in [4.78, 5) is 14.2. The van der Waals surface area contributed by atoms with E-state index in [0.29, 0.717) is 5.02 Å². The molecule has 0 bridgehead atoms. The molecule has 108 valence electrons. The molecule has 0 radical (unpaired) electrons. The van der Waals surface area contributed by atoms with E-state index in [-0.39, 0.29) is 12.1 Å². The maximum atomic E-state index is 12.3. The molecule has 0 aliphatic carbocycles. The Kier molecular flexibility index (Phi) is 3.84. The Labute approximate surface area is 129 Å². The second-order valence-corrected chi connectivity index (χ2v) is 5.71. The average molecular weight is 301 g/mol. The summed E-state index contributed by atoms with van der Waals surface area (Å²) in [5.41, 5.74) is 2.91. The van der Waals surface area contributed by atoms with E-state index in [2.05, 4.69) is 17.4 Å². The van der Waals surface area contributed by atoms with E-state index in [1.807, 2.05) is 42.2 Å².